The first kappa shape index (κ1) is 37.7. The van der Waals surface area contributed by atoms with E-state index in [1.165, 1.54) is 4.90 Å². The number of rotatable bonds is 15. The zero-order chi connectivity index (χ0) is 37.5. The standard InChI is InChI=1S/C38H40BClN6O6S/c1-3-24-19-38(24,37(50)45-53-27-12-8-5-9-13-27)43-35(48)32-17-26(22-46(32)36(49)31(44-39)21-41-34(47)20-40)52-33-18-29(23-10-6-4-7-11-23)42-30-16-25(51-2)14-15-28(30)33/h3-16,18,24,26,31-32,44H,1,17,19-22,39H2,2H3,(H,41,47)(H,43,48)(H,45,50)/t24-,26-,31+,32+,38-/m1/s1. The van der Waals surface area contributed by atoms with Crippen LogP contribution in [0.5, 0.6) is 11.5 Å². The molecule has 1 aliphatic heterocycles. The van der Waals surface area contributed by atoms with Gasteiger partial charge in [0.25, 0.3) is 5.91 Å². The van der Waals surface area contributed by atoms with Gasteiger partial charge in [-0.1, -0.05) is 54.6 Å². The normalized spacial score (nSPS) is 20.9. The number of likely N-dealkylation sites (tertiary alicyclic amines) is 1. The van der Waals surface area contributed by atoms with Gasteiger partial charge in [-0.2, -0.15) is 0 Å². The highest BCUT2D eigenvalue weighted by molar-refractivity contribution is 7.98. The second kappa shape index (κ2) is 16.7. The number of hydrogen-bond donors (Lipinski definition) is 4. The number of pyridine rings is 1. The van der Waals surface area contributed by atoms with Crippen LogP contribution in [0.4, 0.5) is 0 Å². The molecule has 2 fully saturated rings. The minimum absolute atomic E-state index is 0.0455. The van der Waals surface area contributed by atoms with E-state index in [0.29, 0.717) is 29.1 Å². The summed E-state index contributed by atoms with van der Waals surface area (Å²) in [6, 6.07) is 24.5. The summed E-state index contributed by atoms with van der Waals surface area (Å²) in [5.41, 5.74) is 0.985. The molecule has 12 nitrogen and oxygen atoms in total. The van der Waals surface area contributed by atoms with Crippen molar-refractivity contribution in [3.63, 3.8) is 0 Å². The number of benzene rings is 3. The predicted octanol–water partition coefficient (Wildman–Crippen LogP) is 3.00. The molecule has 1 aliphatic carbocycles. The SMILES string of the molecule is BN[C@@H](CNC(=O)CCl)C(=O)N1C[C@H](Oc2cc(-c3ccccc3)nc3cc(OC)ccc23)C[C@H]1C(=O)N[C@]1(C(=O)NSc2ccccc2)C[C@H]1C=C. The van der Waals surface area contributed by atoms with Crippen molar-refractivity contribution >= 4 is 66.1 Å². The molecule has 0 bridgehead atoms. The van der Waals surface area contributed by atoms with Gasteiger partial charge >= 0.3 is 0 Å². The molecule has 6 rings (SSSR count). The molecule has 2 aliphatic rings. The molecule has 274 valence electrons. The maximum absolute atomic E-state index is 14.3. The van der Waals surface area contributed by atoms with Gasteiger partial charge in [0.15, 0.2) is 7.98 Å². The summed E-state index contributed by atoms with van der Waals surface area (Å²) >= 11 is 6.84. The number of nitrogens with zero attached hydrogens (tertiary/aromatic N) is 2. The first-order valence-electron chi connectivity index (χ1n) is 17.2. The van der Waals surface area contributed by atoms with Crippen molar-refractivity contribution < 1.29 is 28.7 Å². The molecule has 1 aromatic heterocycles. The number of carbonyl (C=O) groups excluding carboxylic acids is 4. The van der Waals surface area contributed by atoms with Crippen molar-refractivity contribution in [1.29, 1.82) is 0 Å². The molecule has 4 amide bonds. The summed E-state index contributed by atoms with van der Waals surface area (Å²) in [5, 5.41) is 9.31. The number of amides is 4. The van der Waals surface area contributed by atoms with Crippen molar-refractivity contribution in [2.45, 2.75) is 41.5 Å². The van der Waals surface area contributed by atoms with E-state index in [-0.39, 0.29) is 37.2 Å². The van der Waals surface area contributed by atoms with Crippen LogP contribution in [0.15, 0.2) is 102 Å². The molecular weight excluding hydrogens is 715 g/mol. The minimum atomic E-state index is -1.23. The lowest BCUT2D eigenvalue weighted by molar-refractivity contribution is -0.140. The summed E-state index contributed by atoms with van der Waals surface area (Å²) in [6.07, 6.45) is 1.54. The maximum atomic E-state index is 14.3. The topological polar surface area (TPSA) is 151 Å². The van der Waals surface area contributed by atoms with E-state index in [1.807, 2.05) is 84.9 Å². The van der Waals surface area contributed by atoms with Crippen molar-refractivity contribution in [2.24, 2.45) is 5.92 Å². The van der Waals surface area contributed by atoms with E-state index >= 15 is 0 Å². The highest BCUT2D eigenvalue weighted by Crippen LogP contribution is 2.45. The highest BCUT2D eigenvalue weighted by atomic mass is 35.5. The quantitative estimate of drug-likeness (QED) is 0.0622. The molecule has 4 aromatic rings. The molecule has 0 radical (unpaired) electrons. The Hall–Kier alpha value is -5.05. The highest BCUT2D eigenvalue weighted by Gasteiger charge is 2.61. The van der Waals surface area contributed by atoms with Gasteiger partial charge in [-0.25, -0.2) is 4.98 Å². The second-order valence-corrected chi connectivity index (χ2v) is 14.0. The van der Waals surface area contributed by atoms with Crippen molar-refractivity contribution in [3.05, 3.63) is 97.6 Å². The van der Waals surface area contributed by atoms with E-state index in [2.05, 4.69) is 27.2 Å². The molecule has 3 aromatic carbocycles. The van der Waals surface area contributed by atoms with Crippen LogP contribution in [-0.4, -0.2) is 91.3 Å². The van der Waals surface area contributed by atoms with E-state index < -0.39 is 41.4 Å². The number of nitrogens with one attached hydrogen (secondary N) is 4. The van der Waals surface area contributed by atoms with Crippen LogP contribution in [-0.2, 0) is 19.2 Å². The summed E-state index contributed by atoms with van der Waals surface area (Å²) in [4.78, 5) is 61.2. The number of fused-ring (bicyclic) bond motifs is 1. The maximum Gasteiger partial charge on any atom is 0.256 e. The number of carbonyl (C=O) groups is 4. The van der Waals surface area contributed by atoms with Gasteiger partial charge in [0.1, 0.15) is 35.1 Å². The molecule has 1 saturated heterocycles. The van der Waals surface area contributed by atoms with Gasteiger partial charge in [0, 0.05) is 46.9 Å². The van der Waals surface area contributed by atoms with Gasteiger partial charge in [-0.3, -0.25) is 23.9 Å². The predicted molar refractivity (Wildman–Crippen MR) is 207 cm³/mol. The Balaban J connectivity index is 1.29. The fourth-order valence-corrected chi connectivity index (χ4v) is 7.29. The molecule has 0 spiro atoms. The van der Waals surface area contributed by atoms with Crippen LogP contribution < -0.4 is 30.1 Å². The van der Waals surface area contributed by atoms with Crippen LogP contribution >= 0.6 is 23.5 Å². The van der Waals surface area contributed by atoms with Crippen molar-refractivity contribution in [2.75, 3.05) is 26.1 Å². The fourth-order valence-electron chi connectivity index (χ4n) is 6.51. The van der Waals surface area contributed by atoms with E-state index in [1.54, 1.807) is 21.2 Å². The first-order valence-corrected chi connectivity index (χ1v) is 18.5. The fraction of sp³-hybridized carbons (Fsp3) is 0.289. The smallest absolute Gasteiger partial charge is 0.256 e. The van der Waals surface area contributed by atoms with E-state index in [0.717, 1.165) is 27.8 Å². The van der Waals surface area contributed by atoms with Crippen LogP contribution in [0, 0.1) is 5.92 Å². The summed E-state index contributed by atoms with van der Waals surface area (Å²) in [7, 11) is 3.18. The third-order valence-corrected chi connectivity index (χ3v) is 10.6. The van der Waals surface area contributed by atoms with Crippen LogP contribution in [0.1, 0.15) is 12.8 Å². The van der Waals surface area contributed by atoms with Gasteiger partial charge in [-0.05, 0) is 42.6 Å². The Morgan fingerprint density at radius 2 is 1.83 bits per heavy atom. The monoisotopic (exact) mass is 754 g/mol. The summed E-state index contributed by atoms with van der Waals surface area (Å²) < 4.78 is 15.0. The van der Waals surface area contributed by atoms with Gasteiger partial charge in [-0.15, -0.1) is 18.2 Å². The Morgan fingerprint density at radius 1 is 1.09 bits per heavy atom. The Bertz CT molecular complexity index is 1990. The van der Waals surface area contributed by atoms with Gasteiger partial charge < -0.3 is 30.2 Å². The lowest BCUT2D eigenvalue weighted by Gasteiger charge is -2.29. The van der Waals surface area contributed by atoms with Crippen LogP contribution in [0.25, 0.3) is 22.2 Å². The van der Waals surface area contributed by atoms with Crippen LogP contribution in [0.2, 0.25) is 0 Å². The lowest BCUT2D eigenvalue weighted by Crippen LogP contribution is -2.58. The average Bonchev–Trinajstić information content (AvgIpc) is 3.75. The van der Waals surface area contributed by atoms with E-state index in [4.69, 9.17) is 26.1 Å². The Labute approximate surface area is 318 Å². The largest absolute Gasteiger partial charge is 0.497 e. The molecule has 4 N–H and O–H groups in total. The molecule has 5 atom stereocenters. The third kappa shape index (κ3) is 8.45. The van der Waals surface area contributed by atoms with E-state index in [9.17, 15) is 19.2 Å². The molecule has 2 heterocycles. The zero-order valence-electron chi connectivity index (χ0n) is 29.3. The van der Waals surface area contributed by atoms with Gasteiger partial charge in [0.05, 0.1) is 30.9 Å². The Morgan fingerprint density at radius 3 is 2.49 bits per heavy atom. The lowest BCUT2D eigenvalue weighted by atomic mass is 10.1. The van der Waals surface area contributed by atoms with Crippen molar-refractivity contribution in [3.8, 4) is 22.8 Å². The number of methoxy groups -OCH3 is 1. The zero-order valence-corrected chi connectivity index (χ0v) is 30.9. The molecule has 1 saturated carbocycles. The number of ether oxygens (including phenoxy) is 2. The van der Waals surface area contributed by atoms with Crippen molar-refractivity contribution in [1.82, 2.24) is 30.5 Å². The molecular formula is C38H40BClN6O6S. The molecule has 0 unspecified atom stereocenters. The molecule has 53 heavy (non-hydrogen) atoms. The number of halogens is 1. The average molecular weight is 755 g/mol. The summed E-state index contributed by atoms with van der Waals surface area (Å²) in [6.45, 7) is 3.90. The number of hydrogen-bond acceptors (Lipinski definition) is 9. The summed E-state index contributed by atoms with van der Waals surface area (Å²) in [5.74, 6) is -1.11. The van der Waals surface area contributed by atoms with Crippen LogP contribution in [0.3, 0.4) is 0 Å². The second-order valence-electron chi connectivity index (χ2n) is 12.9. The first-order chi connectivity index (χ1) is 25.7. The number of alkyl halides is 1. The van der Waals surface area contributed by atoms with Gasteiger partial charge in [0.2, 0.25) is 17.7 Å². The number of aromatic nitrogens is 1. The minimum Gasteiger partial charge on any atom is -0.497 e. The Kier molecular flexibility index (Phi) is 11.9. The molecule has 15 heteroatoms. The third-order valence-electron chi connectivity index (χ3n) is 9.52.